The van der Waals surface area contributed by atoms with Crippen LogP contribution in [0.15, 0.2) is 18.2 Å². The topological polar surface area (TPSA) is 54.7 Å². The summed E-state index contributed by atoms with van der Waals surface area (Å²) in [6.07, 6.45) is -4.55. The van der Waals surface area contributed by atoms with Crippen molar-refractivity contribution in [2.45, 2.75) is 25.6 Å². The zero-order valence-electron chi connectivity index (χ0n) is 9.39. The molecule has 0 aliphatic heterocycles. The minimum Gasteiger partial charge on any atom is -0.340 e. The maximum Gasteiger partial charge on any atom is 0.413 e. The predicted molar refractivity (Wildman–Crippen MR) is 58.4 cm³/mol. The standard InChI is InChI=1S/C11H12F3N3/c1-6-3-4-7-8(5-6)17-9(16-7)10(2,15)11(12,13)14/h3-5H,15H2,1-2H3,(H,16,17). The smallest absolute Gasteiger partial charge is 0.340 e. The molecule has 17 heavy (non-hydrogen) atoms. The van der Waals surface area contributed by atoms with E-state index in [0.717, 1.165) is 12.5 Å². The van der Waals surface area contributed by atoms with Gasteiger partial charge in [0.15, 0.2) is 5.54 Å². The largest absolute Gasteiger partial charge is 0.413 e. The van der Waals surface area contributed by atoms with Crippen LogP contribution in [-0.2, 0) is 5.54 Å². The second-order valence-corrected chi connectivity index (χ2v) is 4.31. The third-order valence-electron chi connectivity index (χ3n) is 2.72. The monoisotopic (exact) mass is 243 g/mol. The number of alkyl halides is 3. The number of imidazole rings is 1. The van der Waals surface area contributed by atoms with Crippen LogP contribution in [0.4, 0.5) is 13.2 Å². The average Bonchev–Trinajstić information content (AvgIpc) is 2.58. The highest BCUT2D eigenvalue weighted by Crippen LogP contribution is 2.35. The number of rotatable bonds is 1. The third-order valence-corrected chi connectivity index (χ3v) is 2.72. The van der Waals surface area contributed by atoms with E-state index in [-0.39, 0.29) is 5.82 Å². The highest BCUT2D eigenvalue weighted by Gasteiger charge is 2.51. The molecule has 0 aliphatic carbocycles. The van der Waals surface area contributed by atoms with Crippen molar-refractivity contribution in [1.82, 2.24) is 9.97 Å². The first-order valence-electron chi connectivity index (χ1n) is 5.04. The number of hydrogen-bond acceptors (Lipinski definition) is 2. The zero-order chi connectivity index (χ0) is 12.8. The minimum atomic E-state index is -4.55. The molecule has 2 rings (SSSR count). The fourth-order valence-corrected chi connectivity index (χ4v) is 1.50. The van der Waals surface area contributed by atoms with Crippen molar-refractivity contribution < 1.29 is 13.2 Å². The Bertz CT molecular complexity index is 555. The fourth-order valence-electron chi connectivity index (χ4n) is 1.50. The maximum absolute atomic E-state index is 12.7. The van der Waals surface area contributed by atoms with Gasteiger partial charge in [0.05, 0.1) is 11.0 Å². The summed E-state index contributed by atoms with van der Waals surface area (Å²) in [6, 6.07) is 5.18. The average molecular weight is 243 g/mol. The number of aryl methyl sites for hydroxylation is 1. The number of nitrogens with zero attached hydrogens (tertiary/aromatic N) is 1. The lowest BCUT2D eigenvalue weighted by atomic mass is 10.0. The zero-order valence-corrected chi connectivity index (χ0v) is 9.39. The van der Waals surface area contributed by atoms with Gasteiger partial charge in [-0.15, -0.1) is 0 Å². The molecule has 1 unspecified atom stereocenters. The van der Waals surface area contributed by atoms with E-state index in [1.165, 1.54) is 0 Å². The van der Waals surface area contributed by atoms with E-state index in [1.807, 2.05) is 6.92 Å². The highest BCUT2D eigenvalue weighted by atomic mass is 19.4. The summed E-state index contributed by atoms with van der Waals surface area (Å²) >= 11 is 0. The van der Waals surface area contributed by atoms with Gasteiger partial charge in [-0.1, -0.05) is 6.07 Å². The van der Waals surface area contributed by atoms with Crippen molar-refractivity contribution >= 4 is 11.0 Å². The normalized spacial score (nSPS) is 16.1. The summed E-state index contributed by atoms with van der Waals surface area (Å²) in [5.74, 6) is -0.273. The summed E-state index contributed by atoms with van der Waals surface area (Å²) in [5.41, 5.74) is 4.80. The van der Waals surface area contributed by atoms with Gasteiger partial charge in [0.25, 0.3) is 0 Å². The van der Waals surface area contributed by atoms with Crippen molar-refractivity contribution in [2.75, 3.05) is 0 Å². The van der Waals surface area contributed by atoms with Crippen molar-refractivity contribution in [1.29, 1.82) is 0 Å². The van der Waals surface area contributed by atoms with Crippen LogP contribution in [0.3, 0.4) is 0 Å². The lowest BCUT2D eigenvalue weighted by Gasteiger charge is -2.24. The molecule has 1 aromatic heterocycles. The van der Waals surface area contributed by atoms with Crippen molar-refractivity contribution in [3.05, 3.63) is 29.6 Å². The van der Waals surface area contributed by atoms with Gasteiger partial charge in [-0.25, -0.2) is 4.98 Å². The molecular formula is C11H12F3N3. The van der Waals surface area contributed by atoms with Crippen LogP contribution < -0.4 is 5.73 Å². The molecule has 6 heteroatoms. The Labute approximate surface area is 95.8 Å². The summed E-state index contributed by atoms with van der Waals surface area (Å²) < 4.78 is 38.2. The number of hydrogen-bond donors (Lipinski definition) is 2. The van der Waals surface area contributed by atoms with Crippen LogP contribution in [0.25, 0.3) is 11.0 Å². The van der Waals surface area contributed by atoms with E-state index in [2.05, 4.69) is 9.97 Å². The number of aromatic amines is 1. The first-order chi connectivity index (χ1) is 7.72. The Balaban J connectivity index is 2.57. The molecular weight excluding hydrogens is 231 g/mol. The van der Waals surface area contributed by atoms with E-state index in [4.69, 9.17) is 5.73 Å². The summed E-state index contributed by atoms with van der Waals surface area (Å²) in [4.78, 5) is 6.52. The molecule has 0 saturated carbocycles. The van der Waals surface area contributed by atoms with Gasteiger partial charge in [0.2, 0.25) is 0 Å². The summed E-state index contributed by atoms with van der Waals surface area (Å²) in [6.45, 7) is 2.75. The number of fused-ring (bicyclic) bond motifs is 1. The van der Waals surface area contributed by atoms with Gasteiger partial charge in [-0.05, 0) is 31.5 Å². The van der Waals surface area contributed by atoms with Crippen molar-refractivity contribution in [2.24, 2.45) is 5.73 Å². The first kappa shape index (κ1) is 11.9. The molecule has 2 aromatic rings. The Morgan fingerprint density at radius 2 is 1.94 bits per heavy atom. The van der Waals surface area contributed by atoms with Crippen molar-refractivity contribution in [3.63, 3.8) is 0 Å². The molecule has 0 spiro atoms. The SMILES string of the molecule is Cc1ccc2nc(C(C)(N)C(F)(F)F)[nH]c2c1. The Kier molecular flexibility index (Phi) is 2.43. The Hall–Kier alpha value is -1.56. The highest BCUT2D eigenvalue weighted by molar-refractivity contribution is 5.76. The van der Waals surface area contributed by atoms with Crippen LogP contribution in [0, 0.1) is 6.92 Å². The lowest BCUT2D eigenvalue weighted by Crippen LogP contribution is -2.48. The molecule has 1 atom stereocenters. The van der Waals surface area contributed by atoms with Gasteiger partial charge >= 0.3 is 6.18 Å². The van der Waals surface area contributed by atoms with Crippen LogP contribution in [0.1, 0.15) is 18.3 Å². The van der Waals surface area contributed by atoms with Crippen molar-refractivity contribution in [3.8, 4) is 0 Å². The number of aromatic nitrogens is 2. The Morgan fingerprint density at radius 1 is 1.29 bits per heavy atom. The second kappa shape index (κ2) is 3.46. The first-order valence-corrected chi connectivity index (χ1v) is 5.04. The lowest BCUT2D eigenvalue weighted by molar-refractivity contribution is -0.186. The molecule has 0 bridgehead atoms. The molecule has 0 amide bonds. The van der Waals surface area contributed by atoms with E-state index in [1.54, 1.807) is 18.2 Å². The number of benzene rings is 1. The number of nitrogens with two attached hydrogens (primary N) is 1. The molecule has 1 aromatic carbocycles. The van der Waals surface area contributed by atoms with Gasteiger partial charge < -0.3 is 10.7 Å². The quantitative estimate of drug-likeness (QED) is 0.808. The summed E-state index contributed by atoms with van der Waals surface area (Å²) in [5, 5.41) is 0. The van der Waals surface area contributed by atoms with Gasteiger partial charge in [0.1, 0.15) is 5.82 Å². The molecule has 0 radical (unpaired) electrons. The molecule has 0 fully saturated rings. The molecule has 92 valence electrons. The van der Waals surface area contributed by atoms with Gasteiger partial charge in [-0.2, -0.15) is 13.2 Å². The molecule has 1 heterocycles. The molecule has 0 aliphatic rings. The number of H-pyrrole nitrogens is 1. The Morgan fingerprint density at radius 3 is 2.53 bits per heavy atom. The van der Waals surface area contributed by atoms with E-state index in [0.29, 0.717) is 11.0 Å². The van der Waals surface area contributed by atoms with Gasteiger partial charge in [-0.3, -0.25) is 0 Å². The van der Waals surface area contributed by atoms with Crippen LogP contribution in [-0.4, -0.2) is 16.1 Å². The molecule has 3 N–H and O–H groups in total. The maximum atomic E-state index is 12.7. The molecule has 3 nitrogen and oxygen atoms in total. The second-order valence-electron chi connectivity index (χ2n) is 4.31. The summed E-state index contributed by atoms with van der Waals surface area (Å²) in [7, 11) is 0. The fraction of sp³-hybridized carbons (Fsp3) is 0.364. The number of halogens is 3. The van der Waals surface area contributed by atoms with Gasteiger partial charge in [0, 0.05) is 0 Å². The third kappa shape index (κ3) is 1.88. The van der Waals surface area contributed by atoms with E-state index < -0.39 is 11.7 Å². The van der Waals surface area contributed by atoms with Crippen LogP contribution in [0.2, 0.25) is 0 Å². The minimum absolute atomic E-state index is 0.273. The number of nitrogens with one attached hydrogen (secondary N) is 1. The van der Waals surface area contributed by atoms with E-state index >= 15 is 0 Å². The predicted octanol–water partition coefficient (Wildman–Crippen LogP) is 2.61. The molecule has 0 saturated heterocycles. The van der Waals surface area contributed by atoms with Crippen LogP contribution in [0.5, 0.6) is 0 Å². The van der Waals surface area contributed by atoms with E-state index in [9.17, 15) is 13.2 Å². The van der Waals surface area contributed by atoms with Crippen LogP contribution >= 0.6 is 0 Å².